The fraction of sp³-hybridized carbons (Fsp3) is 0.333. The molecule has 1 N–H and O–H groups in total. The topological polar surface area (TPSA) is 50.2 Å². The molecule has 0 saturated heterocycles. The predicted molar refractivity (Wildman–Crippen MR) is 57.7 cm³/mol. The Balaban J connectivity index is 2.72. The van der Waals surface area contributed by atoms with Crippen molar-refractivity contribution in [2.75, 3.05) is 5.75 Å². The first-order chi connectivity index (χ1) is 6.63. The number of nitrogens with zero attached hydrogens (tertiary/aromatic N) is 1. The van der Waals surface area contributed by atoms with E-state index in [1.165, 1.54) is 23.1 Å². The smallest absolute Gasteiger partial charge is 0.308 e. The lowest BCUT2D eigenvalue weighted by atomic mass is 10.3. The van der Waals surface area contributed by atoms with E-state index in [0.29, 0.717) is 5.75 Å². The molecular formula is C9H9NO2S2. The lowest BCUT2D eigenvalue weighted by Gasteiger charge is -1.89. The quantitative estimate of drug-likeness (QED) is 0.629. The fourth-order valence-corrected chi connectivity index (χ4v) is 2.77. The van der Waals surface area contributed by atoms with Crippen molar-refractivity contribution in [3.05, 3.63) is 10.6 Å². The van der Waals surface area contributed by atoms with E-state index in [-0.39, 0.29) is 6.42 Å². The van der Waals surface area contributed by atoms with E-state index in [1.54, 1.807) is 0 Å². The van der Waals surface area contributed by atoms with Crippen molar-refractivity contribution < 1.29 is 9.90 Å². The van der Waals surface area contributed by atoms with Crippen LogP contribution in [0.4, 0.5) is 0 Å². The van der Waals surface area contributed by atoms with Gasteiger partial charge in [-0.3, -0.25) is 4.79 Å². The van der Waals surface area contributed by atoms with Crippen molar-refractivity contribution >= 4 is 29.1 Å². The summed E-state index contributed by atoms with van der Waals surface area (Å²) >= 11 is 2.86. The molecule has 0 aliphatic rings. The first-order valence-corrected chi connectivity index (χ1v) is 5.68. The average molecular weight is 227 g/mol. The Hall–Kier alpha value is -0.990. The fourth-order valence-electron chi connectivity index (χ4n) is 0.868. The summed E-state index contributed by atoms with van der Waals surface area (Å²) in [5.74, 6) is 2.24. The summed E-state index contributed by atoms with van der Waals surface area (Å²) < 4.78 is 0.844. The number of carboxylic acids is 1. The molecule has 1 heterocycles. The normalized spacial score (nSPS) is 9.71. The molecule has 0 aromatic carbocycles. The third-order valence-corrected chi connectivity index (χ3v) is 3.67. The van der Waals surface area contributed by atoms with Crippen LogP contribution in [0.1, 0.15) is 10.6 Å². The number of terminal acetylenes is 1. The van der Waals surface area contributed by atoms with Gasteiger partial charge in [-0.25, -0.2) is 4.98 Å². The van der Waals surface area contributed by atoms with Crippen molar-refractivity contribution in [2.45, 2.75) is 17.7 Å². The van der Waals surface area contributed by atoms with Crippen molar-refractivity contribution in [3.63, 3.8) is 0 Å². The molecule has 74 valence electrons. The highest BCUT2D eigenvalue weighted by Crippen LogP contribution is 2.27. The highest BCUT2D eigenvalue weighted by atomic mass is 32.2. The molecular weight excluding hydrogens is 218 g/mol. The Kier molecular flexibility index (Phi) is 3.98. The van der Waals surface area contributed by atoms with Crippen LogP contribution in [0, 0.1) is 19.3 Å². The maximum atomic E-state index is 10.5. The first-order valence-electron chi connectivity index (χ1n) is 3.88. The van der Waals surface area contributed by atoms with E-state index in [2.05, 4.69) is 10.9 Å². The van der Waals surface area contributed by atoms with Crippen molar-refractivity contribution in [2.24, 2.45) is 0 Å². The maximum absolute atomic E-state index is 10.5. The van der Waals surface area contributed by atoms with E-state index in [4.69, 9.17) is 11.5 Å². The van der Waals surface area contributed by atoms with Crippen LogP contribution in [0.3, 0.4) is 0 Å². The molecule has 0 saturated carbocycles. The van der Waals surface area contributed by atoms with Crippen molar-refractivity contribution in [3.8, 4) is 12.3 Å². The maximum Gasteiger partial charge on any atom is 0.308 e. The van der Waals surface area contributed by atoms with Crippen molar-refractivity contribution in [1.82, 2.24) is 4.98 Å². The molecule has 0 amide bonds. The Labute approximate surface area is 90.6 Å². The van der Waals surface area contributed by atoms with E-state index < -0.39 is 5.97 Å². The molecule has 0 atom stereocenters. The van der Waals surface area contributed by atoms with Gasteiger partial charge in [0, 0.05) is 4.88 Å². The van der Waals surface area contributed by atoms with E-state index in [9.17, 15) is 4.79 Å². The Morgan fingerprint density at radius 3 is 3.07 bits per heavy atom. The molecule has 0 aliphatic carbocycles. The number of thiazole rings is 1. The zero-order chi connectivity index (χ0) is 10.6. The van der Waals surface area contributed by atoms with Crippen LogP contribution in [0.25, 0.3) is 0 Å². The number of hydrogen-bond acceptors (Lipinski definition) is 4. The van der Waals surface area contributed by atoms with Gasteiger partial charge in [-0.05, 0) is 6.92 Å². The van der Waals surface area contributed by atoms with Crippen LogP contribution >= 0.6 is 23.1 Å². The minimum Gasteiger partial charge on any atom is -0.481 e. The summed E-state index contributed by atoms with van der Waals surface area (Å²) in [6.07, 6.45) is 5.16. The average Bonchev–Trinajstić information content (AvgIpc) is 2.43. The van der Waals surface area contributed by atoms with Gasteiger partial charge in [0.05, 0.1) is 17.9 Å². The van der Waals surface area contributed by atoms with Crippen molar-refractivity contribution in [1.29, 1.82) is 0 Å². The minimum absolute atomic E-state index is 0.0418. The lowest BCUT2D eigenvalue weighted by molar-refractivity contribution is -0.136. The number of carboxylic acid groups (broad SMARTS) is 1. The van der Waals surface area contributed by atoms with Gasteiger partial charge < -0.3 is 5.11 Å². The van der Waals surface area contributed by atoms with Crippen LogP contribution in [0.15, 0.2) is 4.34 Å². The molecule has 1 rings (SSSR count). The van der Waals surface area contributed by atoms with E-state index in [0.717, 1.165) is 14.9 Å². The number of hydrogen-bond donors (Lipinski definition) is 1. The molecule has 0 spiro atoms. The summed E-state index contributed by atoms with van der Waals surface area (Å²) in [6.45, 7) is 1.81. The van der Waals surface area contributed by atoms with Crippen LogP contribution in [-0.4, -0.2) is 21.8 Å². The van der Waals surface area contributed by atoms with Gasteiger partial charge in [-0.2, -0.15) is 0 Å². The number of aromatic nitrogens is 1. The Morgan fingerprint density at radius 2 is 2.50 bits per heavy atom. The van der Waals surface area contributed by atoms with Gasteiger partial charge in [0.25, 0.3) is 0 Å². The molecule has 0 unspecified atom stereocenters. The third kappa shape index (κ3) is 3.05. The highest BCUT2D eigenvalue weighted by molar-refractivity contribution is 8.01. The molecule has 0 radical (unpaired) electrons. The van der Waals surface area contributed by atoms with Gasteiger partial charge in [0.15, 0.2) is 4.34 Å². The summed E-state index contributed by atoms with van der Waals surface area (Å²) in [5.41, 5.74) is 0.789. The van der Waals surface area contributed by atoms with Crippen LogP contribution in [-0.2, 0) is 11.2 Å². The molecule has 1 aromatic rings. The molecule has 14 heavy (non-hydrogen) atoms. The van der Waals surface area contributed by atoms with E-state index in [1.807, 2.05) is 6.92 Å². The monoisotopic (exact) mass is 227 g/mol. The second kappa shape index (κ2) is 5.03. The molecule has 3 nitrogen and oxygen atoms in total. The number of aliphatic carboxylic acids is 1. The Bertz CT molecular complexity index is 379. The summed E-state index contributed by atoms with van der Waals surface area (Å²) in [6, 6.07) is 0. The molecule has 0 fully saturated rings. The second-order valence-electron chi connectivity index (χ2n) is 2.55. The summed E-state index contributed by atoms with van der Waals surface area (Å²) in [5, 5.41) is 8.62. The number of rotatable bonds is 4. The lowest BCUT2D eigenvalue weighted by Crippen LogP contribution is -1.99. The SMILES string of the molecule is C#CCSc1nc(C)c(CC(=O)O)s1. The van der Waals surface area contributed by atoms with Gasteiger partial charge in [-0.1, -0.05) is 17.7 Å². The van der Waals surface area contributed by atoms with E-state index >= 15 is 0 Å². The molecule has 0 aliphatic heterocycles. The van der Waals surface area contributed by atoms with Gasteiger partial charge in [-0.15, -0.1) is 17.8 Å². The Morgan fingerprint density at radius 1 is 1.79 bits per heavy atom. The van der Waals surface area contributed by atoms with Crippen LogP contribution in [0.2, 0.25) is 0 Å². The summed E-state index contributed by atoms with van der Waals surface area (Å²) in [7, 11) is 0. The number of aryl methyl sites for hydroxylation is 1. The summed E-state index contributed by atoms with van der Waals surface area (Å²) in [4.78, 5) is 15.5. The zero-order valence-electron chi connectivity index (χ0n) is 7.61. The minimum atomic E-state index is -0.828. The first kappa shape index (κ1) is 11.1. The predicted octanol–water partition coefficient (Wildman–Crippen LogP) is 1.80. The molecule has 5 heteroatoms. The molecule has 0 bridgehead atoms. The number of thioether (sulfide) groups is 1. The van der Waals surface area contributed by atoms with Crippen LogP contribution < -0.4 is 0 Å². The van der Waals surface area contributed by atoms with Crippen LogP contribution in [0.5, 0.6) is 0 Å². The largest absolute Gasteiger partial charge is 0.481 e. The van der Waals surface area contributed by atoms with Gasteiger partial charge >= 0.3 is 5.97 Å². The van der Waals surface area contributed by atoms with Gasteiger partial charge in [0.1, 0.15) is 0 Å². The standard InChI is InChI=1S/C9H9NO2S2/c1-3-4-13-9-10-6(2)7(14-9)5-8(11)12/h1H,4-5H2,2H3,(H,11,12). The molecule has 1 aromatic heterocycles. The third-order valence-electron chi connectivity index (χ3n) is 1.46. The number of carbonyl (C=O) groups is 1. The second-order valence-corrected chi connectivity index (χ2v) is 4.86. The van der Waals surface area contributed by atoms with Gasteiger partial charge in [0.2, 0.25) is 0 Å². The zero-order valence-corrected chi connectivity index (χ0v) is 9.24. The highest BCUT2D eigenvalue weighted by Gasteiger charge is 2.10.